The summed E-state index contributed by atoms with van der Waals surface area (Å²) < 4.78 is 22.3. The van der Waals surface area contributed by atoms with Gasteiger partial charge in [-0.25, -0.2) is 4.79 Å². The zero-order chi connectivity index (χ0) is 26.0. The van der Waals surface area contributed by atoms with Crippen molar-refractivity contribution in [2.75, 3.05) is 27.9 Å². The van der Waals surface area contributed by atoms with Crippen molar-refractivity contribution in [2.24, 2.45) is 5.92 Å². The Bertz CT molecular complexity index is 1190. The fourth-order valence-electron chi connectivity index (χ4n) is 4.96. The molecule has 0 amide bonds. The topological polar surface area (TPSA) is 83.1 Å². The van der Waals surface area contributed by atoms with E-state index in [1.54, 1.807) is 32.7 Å². The van der Waals surface area contributed by atoms with Crippen LogP contribution in [0.4, 0.5) is 0 Å². The lowest BCUT2D eigenvalue weighted by Crippen LogP contribution is -2.36. The largest absolute Gasteiger partial charge is 0.493 e. The normalized spacial score (nSPS) is 19.7. The van der Waals surface area contributed by atoms with Crippen molar-refractivity contribution < 1.29 is 28.5 Å². The second kappa shape index (κ2) is 10.8. The van der Waals surface area contributed by atoms with E-state index < -0.39 is 11.9 Å². The predicted octanol–water partition coefficient (Wildman–Crippen LogP) is 5.33. The molecule has 0 saturated carbocycles. The summed E-state index contributed by atoms with van der Waals surface area (Å²) >= 11 is 1.66. The van der Waals surface area contributed by atoms with Crippen LogP contribution in [0.25, 0.3) is 0 Å². The summed E-state index contributed by atoms with van der Waals surface area (Å²) in [5.41, 5.74) is 3.25. The fourth-order valence-corrected chi connectivity index (χ4v) is 5.79. The first-order valence-corrected chi connectivity index (χ1v) is 12.9. The number of carbonyl (C=O) groups excluding carboxylic acids is 2. The molecular formula is C28H33NO6S. The smallest absolute Gasteiger partial charge is 0.336 e. The van der Waals surface area contributed by atoms with Gasteiger partial charge in [0.2, 0.25) is 5.75 Å². The Kier molecular flexibility index (Phi) is 7.73. The summed E-state index contributed by atoms with van der Waals surface area (Å²) in [5, 5.41) is 5.43. The number of thiophene rings is 1. The standard InChI is InChI=1S/C28H33NO6S/c1-15(2)14-35-28(31)24-16(3)29-19-10-17(23-8-7-9-36-23)11-20(30)26(19)25(24)18-12-21(32-4)27(34-6)22(13-18)33-5/h7-9,12-13,15,17,25,29H,10-11,14H2,1-6H3/t17-,25+/m0/s1. The maximum atomic E-state index is 13.7. The molecule has 0 spiro atoms. The third-order valence-corrected chi connectivity index (χ3v) is 7.60. The Morgan fingerprint density at radius 1 is 1.11 bits per heavy atom. The van der Waals surface area contributed by atoms with E-state index in [1.807, 2.05) is 44.4 Å². The summed E-state index contributed by atoms with van der Waals surface area (Å²) in [6.45, 7) is 6.12. The number of hydrogen-bond donors (Lipinski definition) is 1. The molecule has 36 heavy (non-hydrogen) atoms. The molecule has 2 atom stereocenters. The summed E-state index contributed by atoms with van der Waals surface area (Å²) in [7, 11) is 4.63. The van der Waals surface area contributed by atoms with Gasteiger partial charge in [-0.3, -0.25) is 4.79 Å². The van der Waals surface area contributed by atoms with E-state index in [0.29, 0.717) is 52.5 Å². The average Bonchev–Trinajstić information content (AvgIpc) is 3.40. The fraction of sp³-hybridized carbons (Fsp3) is 0.429. The highest BCUT2D eigenvalue weighted by molar-refractivity contribution is 7.10. The van der Waals surface area contributed by atoms with Gasteiger partial charge in [0.05, 0.1) is 33.5 Å². The number of ether oxygens (including phenoxy) is 4. The minimum atomic E-state index is -0.619. The van der Waals surface area contributed by atoms with Crippen molar-refractivity contribution >= 4 is 23.1 Å². The van der Waals surface area contributed by atoms with Crippen molar-refractivity contribution in [1.82, 2.24) is 5.32 Å². The van der Waals surface area contributed by atoms with Gasteiger partial charge in [0.25, 0.3) is 0 Å². The second-order valence-electron chi connectivity index (χ2n) is 9.48. The Hall–Kier alpha value is -3.26. The Balaban J connectivity index is 1.86. The molecule has 1 aliphatic heterocycles. The predicted molar refractivity (Wildman–Crippen MR) is 139 cm³/mol. The van der Waals surface area contributed by atoms with Gasteiger partial charge in [0.1, 0.15) is 0 Å². The number of methoxy groups -OCH3 is 3. The maximum Gasteiger partial charge on any atom is 0.336 e. The van der Waals surface area contributed by atoms with Gasteiger partial charge in [-0.05, 0) is 48.4 Å². The molecule has 0 radical (unpaired) electrons. The van der Waals surface area contributed by atoms with E-state index in [0.717, 1.165) is 5.70 Å². The molecule has 0 saturated heterocycles. The van der Waals surface area contributed by atoms with Crippen LogP contribution < -0.4 is 19.5 Å². The molecule has 1 N–H and O–H groups in total. The average molecular weight is 512 g/mol. The quantitative estimate of drug-likeness (QED) is 0.479. The molecule has 2 aromatic rings. The third-order valence-electron chi connectivity index (χ3n) is 6.56. The van der Waals surface area contributed by atoms with Gasteiger partial charge in [-0.15, -0.1) is 11.3 Å². The molecule has 0 bridgehead atoms. The molecule has 1 aromatic carbocycles. The number of carbonyl (C=O) groups is 2. The van der Waals surface area contributed by atoms with E-state index in [9.17, 15) is 9.59 Å². The first kappa shape index (κ1) is 25.8. The zero-order valence-electron chi connectivity index (χ0n) is 21.6. The van der Waals surface area contributed by atoms with Crippen LogP contribution in [0.5, 0.6) is 17.2 Å². The summed E-state index contributed by atoms with van der Waals surface area (Å²) in [6, 6.07) is 7.70. The SMILES string of the molecule is COc1cc([C@@H]2C(C(=O)OCC(C)C)=C(C)NC3=C2C(=O)C[C@@H](c2cccs2)C3)cc(OC)c1OC. The number of rotatable bonds is 8. The van der Waals surface area contributed by atoms with Crippen LogP contribution in [0.2, 0.25) is 0 Å². The lowest BCUT2D eigenvalue weighted by molar-refractivity contribution is -0.140. The van der Waals surface area contributed by atoms with Crippen molar-refractivity contribution in [2.45, 2.75) is 45.4 Å². The molecule has 8 heteroatoms. The number of Topliss-reactive ketones (excluding diaryl/α,β-unsaturated/α-hetero) is 1. The summed E-state index contributed by atoms with van der Waals surface area (Å²) in [6.07, 6.45) is 1.07. The van der Waals surface area contributed by atoms with Crippen molar-refractivity contribution in [1.29, 1.82) is 0 Å². The molecule has 1 aromatic heterocycles. The Morgan fingerprint density at radius 3 is 2.36 bits per heavy atom. The monoisotopic (exact) mass is 511 g/mol. The number of dihydropyridines is 1. The molecular weight excluding hydrogens is 478 g/mol. The molecule has 192 valence electrons. The lowest BCUT2D eigenvalue weighted by Gasteiger charge is -2.36. The van der Waals surface area contributed by atoms with Gasteiger partial charge in [0, 0.05) is 40.1 Å². The van der Waals surface area contributed by atoms with Crippen LogP contribution in [-0.4, -0.2) is 39.7 Å². The zero-order valence-corrected chi connectivity index (χ0v) is 22.4. The van der Waals surface area contributed by atoms with Gasteiger partial charge < -0.3 is 24.3 Å². The van der Waals surface area contributed by atoms with E-state index in [4.69, 9.17) is 18.9 Å². The van der Waals surface area contributed by atoms with Gasteiger partial charge in [0.15, 0.2) is 17.3 Å². The minimum absolute atomic E-state index is 0.0163. The number of allylic oxidation sites excluding steroid dienone is 3. The van der Waals surface area contributed by atoms with Crippen LogP contribution in [-0.2, 0) is 14.3 Å². The lowest BCUT2D eigenvalue weighted by atomic mass is 9.72. The van der Waals surface area contributed by atoms with Crippen molar-refractivity contribution in [3.8, 4) is 17.2 Å². The first-order valence-electron chi connectivity index (χ1n) is 12.0. The van der Waals surface area contributed by atoms with Gasteiger partial charge in [-0.1, -0.05) is 19.9 Å². The molecule has 7 nitrogen and oxygen atoms in total. The van der Waals surface area contributed by atoms with E-state index in [2.05, 4.69) is 11.4 Å². The van der Waals surface area contributed by atoms with E-state index in [-0.39, 0.29) is 24.2 Å². The molecule has 2 aliphatic rings. The third kappa shape index (κ3) is 4.87. The van der Waals surface area contributed by atoms with E-state index >= 15 is 0 Å². The van der Waals surface area contributed by atoms with Crippen LogP contribution in [0.1, 0.15) is 55.9 Å². The van der Waals surface area contributed by atoms with Gasteiger partial charge >= 0.3 is 5.97 Å². The Labute approximate surface area is 216 Å². The highest BCUT2D eigenvalue weighted by Gasteiger charge is 2.42. The van der Waals surface area contributed by atoms with E-state index in [1.165, 1.54) is 4.88 Å². The van der Waals surface area contributed by atoms with Crippen LogP contribution in [0.15, 0.2) is 52.2 Å². The molecule has 1 aliphatic carbocycles. The highest BCUT2D eigenvalue weighted by Crippen LogP contribution is 2.49. The molecule has 0 unspecified atom stereocenters. The van der Waals surface area contributed by atoms with Gasteiger partial charge in [-0.2, -0.15) is 0 Å². The molecule has 2 heterocycles. The second-order valence-corrected chi connectivity index (χ2v) is 10.5. The number of benzene rings is 1. The maximum absolute atomic E-state index is 13.7. The first-order chi connectivity index (χ1) is 17.3. The molecule has 4 rings (SSSR count). The molecule has 0 fully saturated rings. The van der Waals surface area contributed by atoms with Crippen LogP contribution in [0, 0.1) is 5.92 Å². The van der Waals surface area contributed by atoms with Crippen molar-refractivity contribution in [3.63, 3.8) is 0 Å². The Morgan fingerprint density at radius 2 is 1.81 bits per heavy atom. The van der Waals surface area contributed by atoms with Crippen LogP contribution >= 0.6 is 11.3 Å². The number of hydrogen-bond acceptors (Lipinski definition) is 8. The highest BCUT2D eigenvalue weighted by atomic mass is 32.1. The van der Waals surface area contributed by atoms with Crippen LogP contribution in [0.3, 0.4) is 0 Å². The number of esters is 1. The minimum Gasteiger partial charge on any atom is -0.493 e. The van der Waals surface area contributed by atoms with Crippen molar-refractivity contribution in [3.05, 3.63) is 62.6 Å². The number of nitrogens with one attached hydrogen (secondary N) is 1. The summed E-state index contributed by atoms with van der Waals surface area (Å²) in [5.74, 6) is 0.611. The number of ketones is 1. The summed E-state index contributed by atoms with van der Waals surface area (Å²) in [4.78, 5) is 28.3.